The zero-order valence-corrected chi connectivity index (χ0v) is 18.1. The monoisotopic (exact) mass is 412 g/mol. The smallest absolute Gasteiger partial charge is 0.309 e. The van der Waals surface area contributed by atoms with Gasteiger partial charge in [0, 0.05) is 0 Å². The molecule has 0 unspecified atom stereocenters. The summed E-state index contributed by atoms with van der Waals surface area (Å²) < 4.78 is 11.7. The average molecular weight is 413 g/mol. The first-order valence-corrected chi connectivity index (χ1v) is 12.1. The van der Waals surface area contributed by atoms with Crippen molar-refractivity contribution in [2.45, 2.75) is 102 Å². The molecule has 0 heterocycles. The van der Waals surface area contributed by atoms with Gasteiger partial charge in [0.05, 0.1) is 11.8 Å². The highest BCUT2D eigenvalue weighted by molar-refractivity contribution is 5.73. The Kier molecular flexibility index (Phi) is 7.46. The highest BCUT2D eigenvalue weighted by Gasteiger charge is 2.33. The maximum atomic E-state index is 12.7. The Labute approximate surface area is 180 Å². The minimum absolute atomic E-state index is 0.00379. The van der Waals surface area contributed by atoms with Gasteiger partial charge in [0.2, 0.25) is 0 Å². The Hall–Kier alpha value is -1.84. The van der Waals surface area contributed by atoms with Crippen molar-refractivity contribution in [3.05, 3.63) is 35.9 Å². The Morgan fingerprint density at radius 3 is 1.67 bits per heavy atom. The molecule has 3 fully saturated rings. The summed E-state index contributed by atoms with van der Waals surface area (Å²) in [7, 11) is 0. The number of esters is 2. The molecule has 1 aromatic rings. The van der Waals surface area contributed by atoms with E-state index in [0.717, 1.165) is 77.0 Å². The molecule has 0 amide bonds. The van der Waals surface area contributed by atoms with Gasteiger partial charge < -0.3 is 9.47 Å². The van der Waals surface area contributed by atoms with Crippen molar-refractivity contribution >= 4 is 11.9 Å². The van der Waals surface area contributed by atoms with Crippen molar-refractivity contribution in [2.75, 3.05) is 0 Å². The molecule has 4 rings (SSSR count). The predicted molar refractivity (Wildman–Crippen MR) is 116 cm³/mol. The van der Waals surface area contributed by atoms with E-state index in [9.17, 15) is 9.59 Å². The molecular weight excluding hydrogens is 376 g/mol. The van der Waals surface area contributed by atoms with Gasteiger partial charge in [-0.15, -0.1) is 0 Å². The second-order valence-corrected chi connectivity index (χ2v) is 9.57. The van der Waals surface area contributed by atoms with E-state index in [1.807, 2.05) is 0 Å². The number of benzene rings is 1. The van der Waals surface area contributed by atoms with Gasteiger partial charge in [-0.2, -0.15) is 0 Å². The van der Waals surface area contributed by atoms with E-state index in [0.29, 0.717) is 5.92 Å². The standard InChI is InChI=1S/C26H36O4/c27-25(21-9-5-2-6-10-21)29-24-17-13-22(14-18-24)26(28)30-23-15-11-20(12-16-23)19-7-3-1-4-8-19/h1,3-4,7-8,20-24H,2,5-6,9-18H2. The second kappa shape index (κ2) is 10.5. The largest absolute Gasteiger partial charge is 0.462 e. The van der Waals surface area contributed by atoms with E-state index < -0.39 is 0 Å². The molecule has 1 aromatic carbocycles. The van der Waals surface area contributed by atoms with E-state index in [2.05, 4.69) is 30.3 Å². The molecule has 0 spiro atoms. The first kappa shape index (κ1) is 21.4. The Balaban J connectivity index is 1.16. The summed E-state index contributed by atoms with van der Waals surface area (Å²) in [5, 5.41) is 0. The third-order valence-electron chi connectivity index (χ3n) is 7.46. The van der Waals surface area contributed by atoms with E-state index in [-0.39, 0.29) is 36.0 Å². The van der Waals surface area contributed by atoms with Gasteiger partial charge in [0.25, 0.3) is 0 Å². The molecule has 3 aliphatic carbocycles. The van der Waals surface area contributed by atoms with Crippen LogP contribution in [0.4, 0.5) is 0 Å². The summed E-state index contributed by atoms with van der Waals surface area (Å²) >= 11 is 0. The number of ether oxygens (including phenoxy) is 2. The fourth-order valence-corrected chi connectivity index (χ4v) is 5.51. The number of rotatable bonds is 5. The maximum Gasteiger partial charge on any atom is 0.309 e. The molecule has 3 aliphatic rings. The van der Waals surface area contributed by atoms with Gasteiger partial charge in [-0.25, -0.2) is 0 Å². The molecule has 0 radical (unpaired) electrons. The number of hydrogen-bond acceptors (Lipinski definition) is 4. The summed E-state index contributed by atoms with van der Waals surface area (Å²) in [4.78, 5) is 25.0. The van der Waals surface area contributed by atoms with Crippen LogP contribution in [0.1, 0.15) is 95.0 Å². The third kappa shape index (κ3) is 5.65. The fourth-order valence-electron chi connectivity index (χ4n) is 5.51. The normalized spacial score (nSPS) is 30.4. The van der Waals surface area contributed by atoms with Crippen molar-refractivity contribution in [1.82, 2.24) is 0 Å². The summed E-state index contributed by atoms with van der Waals surface area (Å²) in [5.41, 5.74) is 1.41. The Morgan fingerprint density at radius 2 is 1.10 bits per heavy atom. The van der Waals surface area contributed by atoms with Crippen molar-refractivity contribution in [2.24, 2.45) is 11.8 Å². The molecule has 164 valence electrons. The molecule has 3 saturated carbocycles. The minimum atomic E-state index is -0.0322. The van der Waals surface area contributed by atoms with Gasteiger partial charge in [-0.3, -0.25) is 9.59 Å². The topological polar surface area (TPSA) is 52.6 Å². The SMILES string of the molecule is O=C(OC1CCC(C(=O)OC2CCC(c3ccccc3)CC2)CC1)C1CCCCC1. The van der Waals surface area contributed by atoms with Crippen molar-refractivity contribution in [3.8, 4) is 0 Å². The van der Waals surface area contributed by atoms with Crippen LogP contribution in [0.3, 0.4) is 0 Å². The molecule has 30 heavy (non-hydrogen) atoms. The average Bonchev–Trinajstić information content (AvgIpc) is 2.81. The van der Waals surface area contributed by atoms with Crippen LogP contribution < -0.4 is 0 Å². The lowest BCUT2D eigenvalue weighted by Gasteiger charge is -2.32. The molecule has 0 saturated heterocycles. The molecule has 0 bridgehead atoms. The minimum Gasteiger partial charge on any atom is -0.462 e. The summed E-state index contributed by atoms with van der Waals surface area (Å²) in [6, 6.07) is 10.7. The lowest BCUT2D eigenvalue weighted by molar-refractivity contribution is -0.161. The molecule has 0 aliphatic heterocycles. The predicted octanol–water partition coefficient (Wildman–Crippen LogP) is 5.94. The molecular formula is C26H36O4. The van der Waals surface area contributed by atoms with Crippen LogP contribution in [0.25, 0.3) is 0 Å². The van der Waals surface area contributed by atoms with Crippen LogP contribution in [0.15, 0.2) is 30.3 Å². The quantitative estimate of drug-likeness (QED) is 0.562. The summed E-state index contributed by atoms with van der Waals surface area (Å²) in [5.74, 6) is 0.635. The molecule has 0 aromatic heterocycles. The van der Waals surface area contributed by atoms with Crippen molar-refractivity contribution in [3.63, 3.8) is 0 Å². The maximum absolute atomic E-state index is 12.7. The van der Waals surface area contributed by atoms with Crippen molar-refractivity contribution in [1.29, 1.82) is 0 Å². The first-order valence-electron chi connectivity index (χ1n) is 12.1. The van der Waals surface area contributed by atoms with Crippen LogP contribution in [0.5, 0.6) is 0 Å². The molecule has 0 atom stereocenters. The number of carbonyl (C=O) groups is 2. The number of carbonyl (C=O) groups excluding carboxylic acids is 2. The molecule has 0 N–H and O–H groups in total. The molecule has 4 nitrogen and oxygen atoms in total. The van der Waals surface area contributed by atoms with Gasteiger partial charge in [-0.1, -0.05) is 49.6 Å². The van der Waals surface area contributed by atoms with Crippen molar-refractivity contribution < 1.29 is 19.1 Å². The van der Waals surface area contributed by atoms with E-state index in [1.165, 1.54) is 12.0 Å². The first-order chi connectivity index (χ1) is 14.7. The highest BCUT2D eigenvalue weighted by atomic mass is 16.5. The summed E-state index contributed by atoms with van der Waals surface area (Å²) in [6.45, 7) is 0. The lowest BCUT2D eigenvalue weighted by Crippen LogP contribution is -2.33. The van der Waals surface area contributed by atoms with Gasteiger partial charge in [0.1, 0.15) is 12.2 Å². The van der Waals surface area contributed by atoms with Gasteiger partial charge >= 0.3 is 11.9 Å². The fraction of sp³-hybridized carbons (Fsp3) is 0.692. The van der Waals surface area contributed by atoms with Gasteiger partial charge in [-0.05, 0) is 75.7 Å². The molecule has 4 heteroatoms. The summed E-state index contributed by atoms with van der Waals surface area (Å²) in [6.07, 6.45) is 12.8. The number of hydrogen-bond donors (Lipinski definition) is 0. The van der Waals surface area contributed by atoms with Crippen LogP contribution in [0, 0.1) is 11.8 Å². The Morgan fingerprint density at radius 1 is 0.600 bits per heavy atom. The van der Waals surface area contributed by atoms with Gasteiger partial charge in [0.15, 0.2) is 0 Å². The van der Waals surface area contributed by atoms with E-state index in [1.54, 1.807) is 0 Å². The lowest BCUT2D eigenvalue weighted by atomic mass is 9.82. The van der Waals surface area contributed by atoms with Crippen LogP contribution in [-0.4, -0.2) is 24.1 Å². The highest BCUT2D eigenvalue weighted by Crippen LogP contribution is 2.35. The zero-order chi connectivity index (χ0) is 20.8. The van der Waals surface area contributed by atoms with Crippen LogP contribution in [0.2, 0.25) is 0 Å². The van der Waals surface area contributed by atoms with Crippen LogP contribution >= 0.6 is 0 Å². The third-order valence-corrected chi connectivity index (χ3v) is 7.46. The zero-order valence-electron chi connectivity index (χ0n) is 18.1. The second-order valence-electron chi connectivity index (χ2n) is 9.57. The van der Waals surface area contributed by atoms with E-state index >= 15 is 0 Å². The van der Waals surface area contributed by atoms with E-state index in [4.69, 9.17) is 9.47 Å². The van der Waals surface area contributed by atoms with Crippen LogP contribution in [-0.2, 0) is 19.1 Å². The Bertz CT molecular complexity index is 678.